The summed E-state index contributed by atoms with van der Waals surface area (Å²) in [5.41, 5.74) is 3.88. The fourth-order valence-corrected chi connectivity index (χ4v) is 3.99. The Labute approximate surface area is 207 Å². The van der Waals surface area contributed by atoms with Gasteiger partial charge in [-0.05, 0) is 43.0 Å². The molecule has 0 heterocycles. The Kier molecular flexibility index (Phi) is 9.29. The average molecular weight is 477 g/mol. The monoisotopic (exact) mass is 476 g/mol. The molecule has 0 bridgehead atoms. The number of nitrogens with one attached hydrogen (secondary N) is 1. The maximum absolute atomic E-state index is 13.7. The third-order valence-corrected chi connectivity index (χ3v) is 6.41. The van der Waals surface area contributed by atoms with Gasteiger partial charge in [0.15, 0.2) is 0 Å². The van der Waals surface area contributed by atoms with Crippen molar-refractivity contribution >= 4 is 23.4 Å². The first-order valence-corrected chi connectivity index (χ1v) is 12.2. The molecule has 3 rings (SSSR count). The smallest absolute Gasteiger partial charge is 0.243 e. The van der Waals surface area contributed by atoms with E-state index in [2.05, 4.69) is 5.32 Å². The Morgan fingerprint density at radius 3 is 2.21 bits per heavy atom. The molecule has 0 aliphatic heterocycles. The number of benzene rings is 3. The maximum atomic E-state index is 13.7. The topological polar surface area (TPSA) is 49.4 Å². The highest BCUT2D eigenvalue weighted by molar-refractivity contribution is 6.31. The van der Waals surface area contributed by atoms with Crippen molar-refractivity contribution in [1.29, 1.82) is 0 Å². The summed E-state index contributed by atoms with van der Waals surface area (Å²) in [5, 5.41) is 3.65. The molecule has 1 N–H and O–H groups in total. The zero-order valence-corrected chi connectivity index (χ0v) is 20.9. The number of nitrogens with zero attached hydrogens (tertiary/aromatic N) is 1. The Morgan fingerprint density at radius 2 is 1.56 bits per heavy atom. The number of carbonyl (C=O) groups excluding carboxylic acids is 2. The van der Waals surface area contributed by atoms with Crippen LogP contribution in [0.5, 0.6) is 0 Å². The molecular weight excluding hydrogens is 444 g/mol. The van der Waals surface area contributed by atoms with Gasteiger partial charge in [-0.3, -0.25) is 9.59 Å². The molecule has 178 valence electrons. The van der Waals surface area contributed by atoms with E-state index in [4.69, 9.17) is 11.6 Å². The molecule has 2 atom stereocenters. The summed E-state index contributed by atoms with van der Waals surface area (Å²) in [4.78, 5) is 28.9. The third kappa shape index (κ3) is 7.19. The van der Waals surface area contributed by atoms with Crippen LogP contribution >= 0.6 is 11.6 Å². The highest BCUT2D eigenvalue weighted by atomic mass is 35.5. The molecule has 4 nitrogen and oxygen atoms in total. The molecule has 2 amide bonds. The van der Waals surface area contributed by atoms with Gasteiger partial charge in [0.25, 0.3) is 0 Å². The summed E-state index contributed by atoms with van der Waals surface area (Å²) < 4.78 is 0. The quantitative estimate of drug-likeness (QED) is 0.405. The van der Waals surface area contributed by atoms with Crippen molar-refractivity contribution in [3.05, 3.63) is 106 Å². The largest absolute Gasteiger partial charge is 0.352 e. The summed E-state index contributed by atoms with van der Waals surface area (Å²) in [6.45, 7) is 6.38. The SMILES string of the molecule is CCC(C)NC(=O)C(Cc1ccccc1)N(Cc1ccc(C)cc1)C(=O)Cc1ccccc1Cl. The van der Waals surface area contributed by atoms with Crippen molar-refractivity contribution in [2.45, 2.75) is 58.7 Å². The number of amides is 2. The number of rotatable bonds is 10. The van der Waals surface area contributed by atoms with Crippen molar-refractivity contribution in [2.24, 2.45) is 0 Å². The van der Waals surface area contributed by atoms with E-state index in [1.165, 1.54) is 0 Å². The van der Waals surface area contributed by atoms with Crippen molar-refractivity contribution in [2.75, 3.05) is 0 Å². The lowest BCUT2D eigenvalue weighted by atomic mass is 10.0. The van der Waals surface area contributed by atoms with E-state index in [9.17, 15) is 9.59 Å². The molecule has 0 saturated heterocycles. The van der Waals surface area contributed by atoms with Gasteiger partial charge in [-0.15, -0.1) is 0 Å². The number of hydrogen-bond acceptors (Lipinski definition) is 2. The molecular formula is C29H33ClN2O2. The molecule has 0 radical (unpaired) electrons. The first kappa shape index (κ1) is 25.5. The van der Waals surface area contributed by atoms with Gasteiger partial charge in [0.05, 0.1) is 6.42 Å². The second-order valence-electron chi connectivity index (χ2n) is 8.80. The van der Waals surface area contributed by atoms with Gasteiger partial charge >= 0.3 is 0 Å². The second kappa shape index (κ2) is 12.4. The van der Waals surface area contributed by atoms with E-state index >= 15 is 0 Å². The van der Waals surface area contributed by atoms with Gasteiger partial charge in [0.2, 0.25) is 11.8 Å². The van der Waals surface area contributed by atoms with Gasteiger partial charge in [0, 0.05) is 24.0 Å². The van der Waals surface area contributed by atoms with Gasteiger partial charge in [-0.1, -0.05) is 96.9 Å². The van der Waals surface area contributed by atoms with Crippen LogP contribution in [0.4, 0.5) is 0 Å². The Bertz CT molecular complexity index is 1080. The first-order chi connectivity index (χ1) is 16.4. The van der Waals surface area contributed by atoms with E-state index in [1.807, 2.05) is 93.6 Å². The van der Waals surface area contributed by atoms with Gasteiger partial charge < -0.3 is 10.2 Å². The lowest BCUT2D eigenvalue weighted by Gasteiger charge is -2.32. The van der Waals surface area contributed by atoms with Crippen LogP contribution in [0.15, 0.2) is 78.9 Å². The van der Waals surface area contributed by atoms with Crippen molar-refractivity contribution in [1.82, 2.24) is 10.2 Å². The van der Waals surface area contributed by atoms with E-state index in [-0.39, 0.29) is 24.3 Å². The van der Waals surface area contributed by atoms with Crippen LogP contribution in [0, 0.1) is 6.92 Å². The first-order valence-electron chi connectivity index (χ1n) is 11.8. The average Bonchev–Trinajstić information content (AvgIpc) is 2.84. The van der Waals surface area contributed by atoms with Crippen molar-refractivity contribution in [3.63, 3.8) is 0 Å². The summed E-state index contributed by atoms with van der Waals surface area (Å²) in [5.74, 6) is -0.272. The van der Waals surface area contributed by atoms with Crippen LogP contribution in [0.1, 0.15) is 42.5 Å². The molecule has 0 spiro atoms. The number of aryl methyl sites for hydroxylation is 1. The number of carbonyl (C=O) groups is 2. The van der Waals surface area contributed by atoms with Crippen LogP contribution in [0.25, 0.3) is 0 Å². The number of hydrogen-bond donors (Lipinski definition) is 1. The van der Waals surface area contributed by atoms with Crippen molar-refractivity contribution in [3.8, 4) is 0 Å². The van der Waals surface area contributed by atoms with Gasteiger partial charge in [-0.2, -0.15) is 0 Å². The molecule has 3 aromatic rings. The van der Waals surface area contributed by atoms with Crippen LogP contribution in [-0.2, 0) is 29.0 Å². The lowest BCUT2D eigenvalue weighted by molar-refractivity contribution is -0.141. The maximum Gasteiger partial charge on any atom is 0.243 e. The molecule has 0 saturated carbocycles. The third-order valence-electron chi connectivity index (χ3n) is 6.05. The molecule has 0 aliphatic rings. The van der Waals surface area contributed by atoms with Crippen LogP contribution in [0.2, 0.25) is 5.02 Å². The molecule has 5 heteroatoms. The van der Waals surface area contributed by atoms with Gasteiger partial charge in [0.1, 0.15) is 6.04 Å². The molecule has 0 aromatic heterocycles. The predicted molar refractivity (Wildman–Crippen MR) is 139 cm³/mol. The fraction of sp³-hybridized carbons (Fsp3) is 0.310. The molecule has 34 heavy (non-hydrogen) atoms. The summed E-state index contributed by atoms with van der Waals surface area (Å²) in [6, 6.07) is 24.6. The number of halogens is 1. The van der Waals surface area contributed by atoms with E-state index in [0.717, 1.165) is 28.7 Å². The second-order valence-corrected chi connectivity index (χ2v) is 9.21. The van der Waals surface area contributed by atoms with E-state index in [0.29, 0.717) is 18.0 Å². The Balaban J connectivity index is 1.97. The summed E-state index contributed by atoms with van der Waals surface area (Å²) in [7, 11) is 0. The van der Waals surface area contributed by atoms with E-state index < -0.39 is 6.04 Å². The van der Waals surface area contributed by atoms with Crippen molar-refractivity contribution < 1.29 is 9.59 Å². The highest BCUT2D eigenvalue weighted by Gasteiger charge is 2.31. The minimum Gasteiger partial charge on any atom is -0.352 e. The fourth-order valence-electron chi connectivity index (χ4n) is 3.79. The van der Waals surface area contributed by atoms with Gasteiger partial charge in [-0.25, -0.2) is 0 Å². The molecule has 0 fully saturated rings. The van der Waals surface area contributed by atoms with Crippen LogP contribution in [-0.4, -0.2) is 28.8 Å². The lowest BCUT2D eigenvalue weighted by Crippen LogP contribution is -2.52. The minimum atomic E-state index is -0.646. The van der Waals surface area contributed by atoms with Crippen LogP contribution < -0.4 is 5.32 Å². The van der Waals surface area contributed by atoms with Crippen LogP contribution in [0.3, 0.4) is 0 Å². The molecule has 2 unspecified atom stereocenters. The Morgan fingerprint density at radius 1 is 0.912 bits per heavy atom. The zero-order valence-electron chi connectivity index (χ0n) is 20.1. The standard InChI is InChI=1S/C29H33ClN2O2/c1-4-22(3)31-29(34)27(18-23-10-6-5-7-11-23)32(20-24-16-14-21(2)15-17-24)28(33)19-25-12-8-9-13-26(25)30/h5-17,22,27H,4,18-20H2,1-3H3,(H,31,34). The Hall–Kier alpha value is -3.11. The normalized spacial score (nSPS) is 12.6. The molecule has 0 aliphatic carbocycles. The minimum absolute atomic E-state index is 0.0191. The highest BCUT2D eigenvalue weighted by Crippen LogP contribution is 2.20. The zero-order chi connectivity index (χ0) is 24.5. The summed E-state index contributed by atoms with van der Waals surface area (Å²) in [6.07, 6.45) is 1.38. The predicted octanol–water partition coefficient (Wildman–Crippen LogP) is 5.75. The molecule has 3 aromatic carbocycles. The summed E-state index contributed by atoms with van der Waals surface area (Å²) >= 11 is 6.36. The van der Waals surface area contributed by atoms with E-state index in [1.54, 1.807) is 11.0 Å².